The van der Waals surface area contributed by atoms with Gasteiger partial charge < -0.3 is 14.5 Å². The van der Waals surface area contributed by atoms with E-state index in [1.54, 1.807) is 16.7 Å². The van der Waals surface area contributed by atoms with Crippen LogP contribution in [0.25, 0.3) is 0 Å². The third kappa shape index (κ3) is 4.71. The van der Waals surface area contributed by atoms with Crippen molar-refractivity contribution in [2.45, 2.75) is 33.2 Å². The Kier molecular flexibility index (Phi) is 6.34. The molecule has 0 saturated carbocycles. The highest BCUT2D eigenvalue weighted by atomic mass is 16.5. The summed E-state index contributed by atoms with van der Waals surface area (Å²) in [6, 6.07) is 15.6. The van der Waals surface area contributed by atoms with Crippen LogP contribution in [-0.4, -0.2) is 53.9 Å². The standard InChI is InChI=1S/C23H28N2O3/c1-17-9-10-21(18(2)15-17)28-14-13-25-19(3)23(27)24(16-22(25)26)12-11-20-7-5-4-6-8-20/h4-10,15,19H,11-14,16H2,1-3H3/t19-/m1/s1. The third-order valence-electron chi connectivity index (χ3n) is 5.22. The number of nitrogens with zero attached hydrogens (tertiary/aromatic N) is 2. The molecule has 5 heteroatoms. The molecular formula is C23H28N2O3. The van der Waals surface area contributed by atoms with Crippen LogP contribution < -0.4 is 4.74 Å². The van der Waals surface area contributed by atoms with Crippen molar-refractivity contribution in [3.05, 3.63) is 65.2 Å². The van der Waals surface area contributed by atoms with Crippen LogP contribution >= 0.6 is 0 Å². The Labute approximate surface area is 166 Å². The van der Waals surface area contributed by atoms with Crippen LogP contribution in [0.15, 0.2) is 48.5 Å². The monoisotopic (exact) mass is 380 g/mol. The molecule has 0 N–H and O–H groups in total. The average Bonchev–Trinajstić information content (AvgIpc) is 2.68. The van der Waals surface area contributed by atoms with Gasteiger partial charge in [-0.1, -0.05) is 48.0 Å². The Bertz CT molecular complexity index is 835. The summed E-state index contributed by atoms with van der Waals surface area (Å²) in [6.45, 7) is 7.32. The average molecular weight is 380 g/mol. The molecule has 1 aliphatic rings. The lowest BCUT2D eigenvalue weighted by Crippen LogP contribution is -2.59. The number of rotatable bonds is 7. The lowest BCUT2D eigenvalue weighted by molar-refractivity contribution is -0.155. The Morgan fingerprint density at radius 1 is 1.04 bits per heavy atom. The van der Waals surface area contributed by atoms with Crippen molar-refractivity contribution in [3.63, 3.8) is 0 Å². The number of carbonyl (C=O) groups is 2. The summed E-state index contributed by atoms with van der Waals surface area (Å²) < 4.78 is 5.84. The Balaban J connectivity index is 1.53. The molecule has 1 atom stereocenters. The first-order valence-corrected chi connectivity index (χ1v) is 9.78. The van der Waals surface area contributed by atoms with Gasteiger partial charge in [0.25, 0.3) is 0 Å². The van der Waals surface area contributed by atoms with E-state index in [1.807, 2.05) is 56.3 Å². The first-order valence-electron chi connectivity index (χ1n) is 9.78. The molecule has 1 fully saturated rings. The van der Waals surface area contributed by atoms with Crippen LogP contribution in [0.2, 0.25) is 0 Å². The molecule has 0 radical (unpaired) electrons. The number of ether oxygens (including phenoxy) is 1. The van der Waals surface area contributed by atoms with Crippen LogP contribution in [0.5, 0.6) is 5.75 Å². The molecule has 28 heavy (non-hydrogen) atoms. The molecule has 0 aromatic heterocycles. The molecule has 0 spiro atoms. The number of benzene rings is 2. The molecule has 1 saturated heterocycles. The molecule has 2 amide bonds. The molecule has 0 unspecified atom stereocenters. The van der Waals surface area contributed by atoms with Crippen molar-refractivity contribution in [3.8, 4) is 5.75 Å². The van der Waals surface area contributed by atoms with Gasteiger partial charge in [0.2, 0.25) is 11.8 Å². The summed E-state index contributed by atoms with van der Waals surface area (Å²) >= 11 is 0. The van der Waals surface area contributed by atoms with Gasteiger partial charge in [-0.2, -0.15) is 0 Å². The second kappa shape index (κ2) is 8.91. The number of carbonyl (C=O) groups excluding carboxylic acids is 2. The van der Waals surface area contributed by atoms with Crippen molar-refractivity contribution in [1.29, 1.82) is 0 Å². The van der Waals surface area contributed by atoms with Crippen molar-refractivity contribution in [2.24, 2.45) is 0 Å². The molecular weight excluding hydrogens is 352 g/mol. The Hall–Kier alpha value is -2.82. The predicted molar refractivity (Wildman–Crippen MR) is 109 cm³/mol. The van der Waals surface area contributed by atoms with E-state index < -0.39 is 6.04 Å². The van der Waals surface area contributed by atoms with Gasteiger partial charge >= 0.3 is 0 Å². The van der Waals surface area contributed by atoms with Gasteiger partial charge in [0.15, 0.2) is 0 Å². The fourth-order valence-corrected chi connectivity index (χ4v) is 3.58. The summed E-state index contributed by atoms with van der Waals surface area (Å²) in [7, 11) is 0. The normalized spacial score (nSPS) is 17.2. The maximum absolute atomic E-state index is 12.7. The molecule has 1 aliphatic heterocycles. The maximum Gasteiger partial charge on any atom is 0.245 e. The molecule has 148 valence electrons. The van der Waals surface area contributed by atoms with Gasteiger partial charge in [-0.25, -0.2) is 0 Å². The minimum absolute atomic E-state index is 0.00190. The molecule has 0 bridgehead atoms. The van der Waals surface area contributed by atoms with Crippen molar-refractivity contribution >= 4 is 11.8 Å². The highest BCUT2D eigenvalue weighted by Crippen LogP contribution is 2.19. The van der Waals surface area contributed by atoms with Crippen LogP contribution in [0.1, 0.15) is 23.6 Å². The number of aryl methyl sites for hydroxylation is 2. The zero-order valence-corrected chi connectivity index (χ0v) is 16.9. The topological polar surface area (TPSA) is 49.9 Å². The maximum atomic E-state index is 12.7. The lowest BCUT2D eigenvalue weighted by atomic mass is 10.1. The number of piperazine rings is 1. The number of hydrogen-bond acceptors (Lipinski definition) is 3. The highest BCUT2D eigenvalue weighted by molar-refractivity contribution is 5.94. The smallest absolute Gasteiger partial charge is 0.245 e. The molecule has 1 heterocycles. The Morgan fingerprint density at radius 2 is 1.79 bits per heavy atom. The summed E-state index contributed by atoms with van der Waals surface area (Å²) in [5.74, 6) is 0.796. The number of hydrogen-bond donors (Lipinski definition) is 0. The lowest BCUT2D eigenvalue weighted by Gasteiger charge is -2.38. The van der Waals surface area contributed by atoms with E-state index >= 15 is 0 Å². The van der Waals surface area contributed by atoms with E-state index in [0.717, 1.165) is 17.7 Å². The SMILES string of the molecule is Cc1ccc(OCCN2C(=O)CN(CCc3ccccc3)C(=O)[C@H]2C)c(C)c1. The molecule has 3 rings (SSSR count). The second-order valence-corrected chi connectivity index (χ2v) is 7.38. The highest BCUT2D eigenvalue weighted by Gasteiger charge is 2.35. The van der Waals surface area contributed by atoms with E-state index in [4.69, 9.17) is 4.74 Å². The van der Waals surface area contributed by atoms with E-state index in [2.05, 4.69) is 6.07 Å². The third-order valence-corrected chi connectivity index (χ3v) is 5.22. The van der Waals surface area contributed by atoms with Gasteiger partial charge in [-0.05, 0) is 44.4 Å². The number of amides is 2. The van der Waals surface area contributed by atoms with Crippen LogP contribution in [0.4, 0.5) is 0 Å². The fraction of sp³-hybridized carbons (Fsp3) is 0.391. The first kappa shape index (κ1) is 19.9. The zero-order valence-electron chi connectivity index (χ0n) is 16.9. The zero-order chi connectivity index (χ0) is 20.1. The van der Waals surface area contributed by atoms with Crippen molar-refractivity contribution in [2.75, 3.05) is 26.2 Å². The summed E-state index contributed by atoms with van der Waals surface area (Å²) in [4.78, 5) is 28.6. The summed E-state index contributed by atoms with van der Waals surface area (Å²) in [6.07, 6.45) is 0.752. The summed E-state index contributed by atoms with van der Waals surface area (Å²) in [5.41, 5.74) is 3.42. The quantitative estimate of drug-likeness (QED) is 0.742. The van der Waals surface area contributed by atoms with Crippen LogP contribution in [0, 0.1) is 13.8 Å². The van der Waals surface area contributed by atoms with E-state index in [9.17, 15) is 9.59 Å². The van der Waals surface area contributed by atoms with Gasteiger partial charge in [0, 0.05) is 6.54 Å². The largest absolute Gasteiger partial charge is 0.491 e. The van der Waals surface area contributed by atoms with Gasteiger partial charge in [-0.15, -0.1) is 0 Å². The van der Waals surface area contributed by atoms with Crippen LogP contribution in [0.3, 0.4) is 0 Å². The Morgan fingerprint density at radius 3 is 2.50 bits per heavy atom. The summed E-state index contributed by atoms with van der Waals surface area (Å²) in [5, 5.41) is 0. The van der Waals surface area contributed by atoms with Crippen molar-refractivity contribution in [1.82, 2.24) is 9.80 Å². The fourth-order valence-electron chi connectivity index (χ4n) is 3.58. The first-order chi connectivity index (χ1) is 13.5. The van der Waals surface area contributed by atoms with E-state index in [-0.39, 0.29) is 18.4 Å². The minimum atomic E-state index is -0.459. The van der Waals surface area contributed by atoms with E-state index in [0.29, 0.717) is 19.7 Å². The predicted octanol–water partition coefficient (Wildman–Crippen LogP) is 2.98. The molecule has 2 aromatic carbocycles. The second-order valence-electron chi connectivity index (χ2n) is 7.38. The van der Waals surface area contributed by atoms with Gasteiger partial charge in [-0.3, -0.25) is 9.59 Å². The minimum Gasteiger partial charge on any atom is -0.491 e. The molecule has 0 aliphatic carbocycles. The molecule has 5 nitrogen and oxygen atoms in total. The van der Waals surface area contributed by atoms with Crippen molar-refractivity contribution < 1.29 is 14.3 Å². The van der Waals surface area contributed by atoms with E-state index in [1.165, 1.54) is 11.1 Å². The van der Waals surface area contributed by atoms with Crippen LogP contribution in [-0.2, 0) is 16.0 Å². The van der Waals surface area contributed by atoms with Gasteiger partial charge in [0.05, 0.1) is 13.1 Å². The molecule has 2 aromatic rings. The van der Waals surface area contributed by atoms with Gasteiger partial charge in [0.1, 0.15) is 18.4 Å².